The summed E-state index contributed by atoms with van der Waals surface area (Å²) in [5.74, 6) is 0.101. The maximum absolute atomic E-state index is 11.8. The molecule has 0 aliphatic heterocycles. The minimum atomic E-state index is 0.101. The lowest BCUT2D eigenvalue weighted by molar-refractivity contribution is 0.0993. The SMILES string of the molecule is O=C(Cc1coc(Br)c1)c1ccccc1. The van der Waals surface area contributed by atoms with E-state index in [4.69, 9.17) is 4.42 Å². The monoisotopic (exact) mass is 264 g/mol. The number of carbonyl (C=O) groups excluding carboxylic acids is 1. The van der Waals surface area contributed by atoms with Crippen LogP contribution in [0.4, 0.5) is 0 Å². The lowest BCUT2D eigenvalue weighted by Gasteiger charge is -1.97. The molecule has 0 amide bonds. The Labute approximate surface area is 96.0 Å². The summed E-state index contributed by atoms with van der Waals surface area (Å²) in [7, 11) is 0. The van der Waals surface area contributed by atoms with Crippen molar-refractivity contribution in [1.29, 1.82) is 0 Å². The summed E-state index contributed by atoms with van der Waals surface area (Å²) in [6, 6.07) is 11.1. The van der Waals surface area contributed by atoms with Gasteiger partial charge in [-0.1, -0.05) is 30.3 Å². The van der Waals surface area contributed by atoms with Gasteiger partial charge in [0.05, 0.1) is 6.26 Å². The van der Waals surface area contributed by atoms with Crippen LogP contribution >= 0.6 is 15.9 Å². The average molecular weight is 265 g/mol. The highest BCUT2D eigenvalue weighted by Gasteiger charge is 2.08. The van der Waals surface area contributed by atoms with Crippen LogP contribution in [0.25, 0.3) is 0 Å². The van der Waals surface area contributed by atoms with Crippen molar-refractivity contribution in [3.8, 4) is 0 Å². The Morgan fingerprint density at radius 1 is 1.27 bits per heavy atom. The van der Waals surface area contributed by atoms with Crippen LogP contribution in [0, 0.1) is 0 Å². The second-order valence-corrected chi connectivity index (χ2v) is 4.01. The molecule has 76 valence electrons. The number of rotatable bonds is 3. The Balaban J connectivity index is 2.11. The molecule has 0 fully saturated rings. The van der Waals surface area contributed by atoms with Crippen LogP contribution in [0.5, 0.6) is 0 Å². The second kappa shape index (κ2) is 4.45. The van der Waals surface area contributed by atoms with Gasteiger partial charge < -0.3 is 4.42 Å². The summed E-state index contributed by atoms with van der Waals surface area (Å²) < 4.78 is 5.72. The van der Waals surface area contributed by atoms with Gasteiger partial charge in [0.2, 0.25) is 0 Å². The molecule has 2 nitrogen and oxygen atoms in total. The maximum atomic E-state index is 11.8. The zero-order valence-electron chi connectivity index (χ0n) is 7.94. The average Bonchev–Trinajstić information content (AvgIpc) is 2.65. The first-order valence-corrected chi connectivity index (χ1v) is 5.36. The Morgan fingerprint density at radius 2 is 2.00 bits per heavy atom. The Hall–Kier alpha value is -1.35. The third-order valence-electron chi connectivity index (χ3n) is 2.08. The summed E-state index contributed by atoms with van der Waals surface area (Å²) in [5, 5.41) is 0. The molecule has 0 unspecified atom stereocenters. The molecular formula is C12H9BrO2. The molecule has 0 aliphatic carbocycles. The van der Waals surface area contributed by atoms with Gasteiger partial charge in [0.1, 0.15) is 0 Å². The molecule has 1 aromatic carbocycles. The van der Waals surface area contributed by atoms with Crippen LogP contribution in [0.15, 0.2) is 51.7 Å². The van der Waals surface area contributed by atoms with Gasteiger partial charge in [-0.05, 0) is 27.6 Å². The molecular weight excluding hydrogens is 256 g/mol. The Kier molecular flexibility index (Phi) is 3.02. The van der Waals surface area contributed by atoms with Crippen LogP contribution in [0.2, 0.25) is 0 Å². The molecule has 0 bridgehead atoms. The molecule has 0 spiro atoms. The lowest BCUT2D eigenvalue weighted by atomic mass is 10.1. The van der Waals surface area contributed by atoms with Gasteiger partial charge in [-0.25, -0.2) is 0 Å². The largest absolute Gasteiger partial charge is 0.457 e. The quantitative estimate of drug-likeness (QED) is 0.795. The molecule has 0 saturated carbocycles. The summed E-state index contributed by atoms with van der Waals surface area (Å²) >= 11 is 3.20. The predicted octanol–water partition coefficient (Wildman–Crippen LogP) is 3.47. The van der Waals surface area contributed by atoms with Crippen LogP contribution in [0.1, 0.15) is 15.9 Å². The fourth-order valence-corrected chi connectivity index (χ4v) is 1.74. The van der Waals surface area contributed by atoms with Crippen molar-refractivity contribution in [2.45, 2.75) is 6.42 Å². The highest BCUT2D eigenvalue weighted by Crippen LogP contribution is 2.15. The van der Waals surface area contributed by atoms with E-state index >= 15 is 0 Å². The molecule has 0 radical (unpaired) electrons. The van der Waals surface area contributed by atoms with E-state index in [1.54, 1.807) is 12.3 Å². The first-order valence-electron chi connectivity index (χ1n) is 4.57. The van der Waals surface area contributed by atoms with Crippen LogP contribution in [-0.2, 0) is 6.42 Å². The van der Waals surface area contributed by atoms with Gasteiger partial charge in [0, 0.05) is 12.0 Å². The molecule has 3 heteroatoms. The number of Topliss-reactive ketones (excluding diaryl/α,β-unsaturated/α-hetero) is 1. The third-order valence-corrected chi connectivity index (χ3v) is 2.50. The number of halogens is 1. The smallest absolute Gasteiger partial charge is 0.169 e. The number of carbonyl (C=O) groups is 1. The van der Waals surface area contributed by atoms with E-state index < -0.39 is 0 Å². The topological polar surface area (TPSA) is 30.2 Å². The molecule has 1 heterocycles. The minimum Gasteiger partial charge on any atom is -0.457 e. The second-order valence-electron chi connectivity index (χ2n) is 3.23. The summed E-state index contributed by atoms with van der Waals surface area (Å²) in [6.07, 6.45) is 1.96. The highest BCUT2D eigenvalue weighted by atomic mass is 79.9. The normalized spacial score (nSPS) is 10.2. The molecule has 0 N–H and O–H groups in total. The molecule has 15 heavy (non-hydrogen) atoms. The van der Waals surface area contributed by atoms with Crippen molar-refractivity contribution >= 4 is 21.7 Å². The molecule has 0 atom stereocenters. The van der Waals surface area contributed by atoms with Crippen LogP contribution in [0.3, 0.4) is 0 Å². The van der Waals surface area contributed by atoms with Crippen molar-refractivity contribution in [2.24, 2.45) is 0 Å². The van der Waals surface area contributed by atoms with Gasteiger partial charge in [-0.2, -0.15) is 0 Å². The van der Waals surface area contributed by atoms with Crippen molar-refractivity contribution in [1.82, 2.24) is 0 Å². The number of hydrogen-bond acceptors (Lipinski definition) is 2. The summed E-state index contributed by atoms with van der Waals surface area (Å²) in [5.41, 5.74) is 1.62. The number of benzene rings is 1. The van der Waals surface area contributed by atoms with Crippen molar-refractivity contribution in [2.75, 3.05) is 0 Å². The van der Waals surface area contributed by atoms with Gasteiger partial charge in [0.25, 0.3) is 0 Å². The lowest BCUT2D eigenvalue weighted by Crippen LogP contribution is -2.01. The molecule has 1 aromatic heterocycles. The van der Waals surface area contributed by atoms with Crippen molar-refractivity contribution < 1.29 is 9.21 Å². The molecule has 2 aromatic rings. The van der Waals surface area contributed by atoms with Gasteiger partial charge in [0.15, 0.2) is 10.5 Å². The number of hydrogen-bond donors (Lipinski definition) is 0. The molecule has 0 aliphatic rings. The van der Waals surface area contributed by atoms with E-state index in [2.05, 4.69) is 15.9 Å². The molecule has 0 saturated heterocycles. The zero-order chi connectivity index (χ0) is 10.7. The van der Waals surface area contributed by atoms with E-state index in [1.165, 1.54) is 0 Å². The summed E-state index contributed by atoms with van der Waals surface area (Å²) in [6.45, 7) is 0. The first kappa shape index (κ1) is 10.2. The zero-order valence-corrected chi connectivity index (χ0v) is 9.53. The fraction of sp³-hybridized carbons (Fsp3) is 0.0833. The maximum Gasteiger partial charge on any atom is 0.169 e. The fourth-order valence-electron chi connectivity index (χ4n) is 1.35. The minimum absolute atomic E-state index is 0.101. The predicted molar refractivity (Wildman–Crippen MR) is 60.9 cm³/mol. The van der Waals surface area contributed by atoms with Crippen LogP contribution in [-0.4, -0.2) is 5.78 Å². The Bertz CT molecular complexity index is 459. The van der Waals surface area contributed by atoms with Gasteiger partial charge in [-0.3, -0.25) is 4.79 Å². The molecule has 2 rings (SSSR count). The Morgan fingerprint density at radius 3 is 2.60 bits per heavy atom. The number of furan rings is 1. The van der Waals surface area contributed by atoms with Gasteiger partial charge in [-0.15, -0.1) is 0 Å². The van der Waals surface area contributed by atoms with E-state index in [1.807, 2.05) is 30.3 Å². The van der Waals surface area contributed by atoms with E-state index in [9.17, 15) is 4.79 Å². The van der Waals surface area contributed by atoms with E-state index in [0.717, 1.165) is 11.1 Å². The van der Waals surface area contributed by atoms with Crippen molar-refractivity contribution in [3.63, 3.8) is 0 Å². The van der Waals surface area contributed by atoms with Crippen LogP contribution < -0.4 is 0 Å². The summed E-state index contributed by atoms with van der Waals surface area (Å²) in [4.78, 5) is 11.8. The highest BCUT2D eigenvalue weighted by molar-refractivity contribution is 9.10. The standard InChI is InChI=1S/C12H9BrO2/c13-12-7-9(8-15-12)6-11(14)10-4-2-1-3-5-10/h1-5,7-8H,6H2. The third kappa shape index (κ3) is 2.57. The first-order chi connectivity index (χ1) is 7.25. The van der Waals surface area contributed by atoms with Crippen molar-refractivity contribution in [3.05, 3.63) is 58.5 Å². The van der Waals surface area contributed by atoms with E-state index in [-0.39, 0.29) is 5.78 Å². The number of ketones is 1. The van der Waals surface area contributed by atoms with Gasteiger partial charge >= 0.3 is 0 Å². The van der Waals surface area contributed by atoms with E-state index in [0.29, 0.717) is 11.1 Å².